The second-order valence-corrected chi connectivity index (χ2v) is 5.75. The molecule has 1 unspecified atom stereocenters. The van der Waals surface area contributed by atoms with E-state index in [2.05, 4.69) is 22.1 Å². The van der Waals surface area contributed by atoms with E-state index >= 15 is 0 Å². The lowest BCUT2D eigenvalue weighted by Crippen LogP contribution is -2.43. The molecule has 1 aromatic rings. The standard InChI is InChI=1S/C16H24N4O.HI/c1-12-5-4-8-20(11-12)16(17)18-10-14-6-3-7-15(9-14)19-13(2)21;/h3,6-7,9,12H,4-5,8,10-11H2,1-2H3,(H2,17,18)(H,19,21);1H. The fourth-order valence-corrected chi connectivity index (χ4v) is 2.62. The Balaban J connectivity index is 0.00000242. The van der Waals surface area contributed by atoms with Crippen LogP contribution in [0.2, 0.25) is 0 Å². The number of nitrogens with one attached hydrogen (secondary N) is 1. The number of anilines is 1. The fourth-order valence-electron chi connectivity index (χ4n) is 2.62. The molecule has 1 aromatic carbocycles. The van der Waals surface area contributed by atoms with Crippen LogP contribution < -0.4 is 11.1 Å². The highest BCUT2D eigenvalue weighted by atomic mass is 127. The van der Waals surface area contributed by atoms with Crippen molar-refractivity contribution in [3.8, 4) is 0 Å². The third kappa shape index (κ3) is 5.82. The predicted octanol–water partition coefficient (Wildman–Crippen LogP) is 2.81. The van der Waals surface area contributed by atoms with E-state index in [1.807, 2.05) is 24.3 Å². The number of hydrogen-bond donors (Lipinski definition) is 2. The van der Waals surface area contributed by atoms with Crippen molar-refractivity contribution in [2.24, 2.45) is 16.6 Å². The average Bonchev–Trinajstić information content (AvgIpc) is 2.44. The van der Waals surface area contributed by atoms with Gasteiger partial charge in [-0.25, -0.2) is 4.99 Å². The normalized spacial score (nSPS) is 18.5. The van der Waals surface area contributed by atoms with E-state index < -0.39 is 0 Å². The minimum atomic E-state index is -0.0718. The summed E-state index contributed by atoms with van der Waals surface area (Å²) in [7, 11) is 0. The molecule has 3 N–H and O–H groups in total. The molecule has 1 aliphatic heterocycles. The predicted molar refractivity (Wildman–Crippen MR) is 101 cm³/mol. The summed E-state index contributed by atoms with van der Waals surface area (Å²) in [6.07, 6.45) is 2.44. The smallest absolute Gasteiger partial charge is 0.221 e. The summed E-state index contributed by atoms with van der Waals surface area (Å²) in [4.78, 5) is 17.7. The van der Waals surface area contributed by atoms with E-state index in [1.54, 1.807) is 0 Å². The lowest BCUT2D eigenvalue weighted by Gasteiger charge is -2.31. The highest BCUT2D eigenvalue weighted by molar-refractivity contribution is 14.0. The number of carbonyl (C=O) groups is 1. The quantitative estimate of drug-likeness (QED) is 0.452. The molecule has 1 amide bonds. The molecule has 1 fully saturated rings. The molecule has 5 nitrogen and oxygen atoms in total. The van der Waals surface area contributed by atoms with Gasteiger partial charge in [-0.1, -0.05) is 19.1 Å². The lowest BCUT2D eigenvalue weighted by molar-refractivity contribution is -0.114. The molecule has 0 aromatic heterocycles. The maximum atomic E-state index is 11.1. The minimum Gasteiger partial charge on any atom is -0.370 e. The van der Waals surface area contributed by atoms with E-state index in [4.69, 9.17) is 5.73 Å². The number of piperidine rings is 1. The van der Waals surface area contributed by atoms with Crippen LogP contribution >= 0.6 is 24.0 Å². The van der Waals surface area contributed by atoms with Gasteiger partial charge in [-0.3, -0.25) is 4.79 Å². The number of amides is 1. The van der Waals surface area contributed by atoms with Gasteiger partial charge in [0, 0.05) is 25.7 Å². The molecule has 0 bridgehead atoms. The molecule has 1 saturated heterocycles. The fraction of sp³-hybridized carbons (Fsp3) is 0.500. The third-order valence-corrected chi connectivity index (χ3v) is 3.65. The molecule has 22 heavy (non-hydrogen) atoms. The first-order chi connectivity index (χ1) is 10.0. The van der Waals surface area contributed by atoms with Crippen molar-refractivity contribution in [2.45, 2.75) is 33.2 Å². The number of carbonyl (C=O) groups excluding carboxylic acids is 1. The highest BCUT2D eigenvalue weighted by Gasteiger charge is 2.17. The number of guanidine groups is 1. The van der Waals surface area contributed by atoms with Crippen LogP contribution in [-0.4, -0.2) is 29.9 Å². The van der Waals surface area contributed by atoms with Crippen LogP contribution in [0.5, 0.6) is 0 Å². The minimum absolute atomic E-state index is 0. The largest absolute Gasteiger partial charge is 0.370 e. The average molecular weight is 416 g/mol. The van der Waals surface area contributed by atoms with Crippen molar-refractivity contribution in [1.82, 2.24) is 4.90 Å². The Bertz CT molecular complexity index is 533. The molecule has 122 valence electrons. The Kier molecular flexibility index (Phi) is 7.64. The molecule has 0 aliphatic carbocycles. The Morgan fingerprint density at radius 2 is 2.27 bits per heavy atom. The number of benzene rings is 1. The Labute approximate surface area is 149 Å². The van der Waals surface area contributed by atoms with Gasteiger partial charge in [-0.15, -0.1) is 24.0 Å². The Morgan fingerprint density at radius 3 is 2.95 bits per heavy atom. The molecule has 6 heteroatoms. The molecule has 1 atom stereocenters. The molecule has 0 saturated carbocycles. The zero-order valence-corrected chi connectivity index (χ0v) is 15.5. The number of hydrogen-bond acceptors (Lipinski definition) is 2. The Hall–Kier alpha value is -1.31. The van der Waals surface area contributed by atoms with E-state index in [-0.39, 0.29) is 29.9 Å². The summed E-state index contributed by atoms with van der Waals surface area (Å²) in [6.45, 7) is 6.26. The molecule has 2 rings (SSSR count). The molecule has 0 spiro atoms. The van der Waals surface area contributed by atoms with Gasteiger partial charge in [0.05, 0.1) is 6.54 Å². The molecular formula is C16H25IN4O. The second-order valence-electron chi connectivity index (χ2n) is 5.75. The molecule has 1 heterocycles. The van der Waals surface area contributed by atoms with Crippen LogP contribution in [0.15, 0.2) is 29.3 Å². The van der Waals surface area contributed by atoms with Crippen molar-refractivity contribution < 1.29 is 4.79 Å². The van der Waals surface area contributed by atoms with Gasteiger partial charge in [0.15, 0.2) is 5.96 Å². The van der Waals surface area contributed by atoms with Crippen LogP contribution in [0.3, 0.4) is 0 Å². The molecule has 1 aliphatic rings. The van der Waals surface area contributed by atoms with Crippen molar-refractivity contribution in [2.75, 3.05) is 18.4 Å². The van der Waals surface area contributed by atoms with E-state index in [1.165, 1.54) is 19.8 Å². The maximum absolute atomic E-state index is 11.1. The Morgan fingerprint density at radius 1 is 1.50 bits per heavy atom. The third-order valence-electron chi connectivity index (χ3n) is 3.65. The van der Waals surface area contributed by atoms with Gasteiger partial charge in [-0.2, -0.15) is 0 Å². The summed E-state index contributed by atoms with van der Waals surface area (Å²) in [6, 6.07) is 7.69. The maximum Gasteiger partial charge on any atom is 0.221 e. The highest BCUT2D eigenvalue weighted by Crippen LogP contribution is 2.16. The zero-order chi connectivity index (χ0) is 15.2. The van der Waals surface area contributed by atoms with Gasteiger partial charge in [-0.05, 0) is 36.5 Å². The van der Waals surface area contributed by atoms with Gasteiger partial charge < -0.3 is 16.0 Å². The number of nitrogens with two attached hydrogens (primary N) is 1. The monoisotopic (exact) mass is 416 g/mol. The number of rotatable bonds is 3. The van der Waals surface area contributed by atoms with Gasteiger partial charge in [0.1, 0.15) is 0 Å². The first kappa shape index (κ1) is 18.7. The van der Waals surface area contributed by atoms with Crippen molar-refractivity contribution in [3.63, 3.8) is 0 Å². The van der Waals surface area contributed by atoms with Crippen LogP contribution in [0, 0.1) is 5.92 Å². The second kappa shape index (κ2) is 8.97. The van der Waals surface area contributed by atoms with E-state index in [0.29, 0.717) is 18.4 Å². The first-order valence-electron chi connectivity index (χ1n) is 7.46. The van der Waals surface area contributed by atoms with Crippen LogP contribution in [0.25, 0.3) is 0 Å². The van der Waals surface area contributed by atoms with Gasteiger partial charge in [0.25, 0.3) is 0 Å². The lowest BCUT2D eigenvalue weighted by atomic mass is 10.0. The molecule has 0 radical (unpaired) electrons. The number of aliphatic imine (C=N–C) groups is 1. The summed E-state index contributed by atoms with van der Waals surface area (Å²) < 4.78 is 0. The number of nitrogens with zero attached hydrogens (tertiary/aromatic N) is 2. The van der Waals surface area contributed by atoms with Crippen LogP contribution in [0.1, 0.15) is 32.3 Å². The summed E-state index contributed by atoms with van der Waals surface area (Å²) in [5.74, 6) is 1.22. The van der Waals surface area contributed by atoms with E-state index in [9.17, 15) is 4.79 Å². The summed E-state index contributed by atoms with van der Waals surface area (Å²) in [5.41, 5.74) is 7.91. The summed E-state index contributed by atoms with van der Waals surface area (Å²) >= 11 is 0. The zero-order valence-electron chi connectivity index (χ0n) is 13.2. The number of halogens is 1. The van der Waals surface area contributed by atoms with Gasteiger partial charge >= 0.3 is 0 Å². The molecular weight excluding hydrogens is 391 g/mol. The van der Waals surface area contributed by atoms with Crippen molar-refractivity contribution in [3.05, 3.63) is 29.8 Å². The van der Waals surface area contributed by atoms with Crippen molar-refractivity contribution >= 4 is 41.5 Å². The van der Waals surface area contributed by atoms with Crippen molar-refractivity contribution in [1.29, 1.82) is 0 Å². The SMILES string of the molecule is CC(=O)Nc1cccc(CN=C(N)N2CCCC(C)C2)c1.I. The van der Waals surface area contributed by atoms with Gasteiger partial charge in [0.2, 0.25) is 5.91 Å². The number of likely N-dealkylation sites (tertiary alicyclic amines) is 1. The van der Waals surface area contributed by atoms with Crippen LogP contribution in [-0.2, 0) is 11.3 Å². The topological polar surface area (TPSA) is 70.7 Å². The van der Waals surface area contributed by atoms with Crippen LogP contribution in [0.4, 0.5) is 5.69 Å². The first-order valence-corrected chi connectivity index (χ1v) is 7.46. The van der Waals surface area contributed by atoms with E-state index in [0.717, 1.165) is 24.3 Å². The summed E-state index contributed by atoms with van der Waals surface area (Å²) in [5, 5.41) is 2.77.